The van der Waals surface area contributed by atoms with E-state index in [0.29, 0.717) is 27.0 Å². The summed E-state index contributed by atoms with van der Waals surface area (Å²) in [6.07, 6.45) is 1.45. The highest BCUT2D eigenvalue weighted by molar-refractivity contribution is 6.37. The molecule has 2 rings (SSSR count). The Morgan fingerprint density at radius 2 is 1.88 bits per heavy atom. The summed E-state index contributed by atoms with van der Waals surface area (Å²) in [5, 5.41) is 13.9. The van der Waals surface area contributed by atoms with Crippen LogP contribution in [0.25, 0.3) is 0 Å². The Balaban J connectivity index is 2.17. The average Bonchev–Trinajstić information content (AvgIpc) is 2.51. The van der Waals surface area contributed by atoms with E-state index < -0.39 is 5.97 Å². The van der Waals surface area contributed by atoms with E-state index in [1.807, 2.05) is 13.8 Å². The van der Waals surface area contributed by atoms with Gasteiger partial charge in [0.1, 0.15) is 0 Å². The number of ether oxygens (including phenoxy) is 1. The maximum atomic E-state index is 11.1. The van der Waals surface area contributed by atoms with Crippen molar-refractivity contribution in [2.45, 2.75) is 20.0 Å². The predicted octanol–water partition coefficient (Wildman–Crippen LogP) is 4.92. The zero-order valence-electron chi connectivity index (χ0n) is 13.1. The number of hydrazone groups is 1. The first kappa shape index (κ1) is 18.1. The van der Waals surface area contributed by atoms with E-state index in [-0.39, 0.29) is 11.7 Å². The number of halogens is 2. The first-order valence-electron chi connectivity index (χ1n) is 7.15. The van der Waals surface area contributed by atoms with Crippen LogP contribution in [0.4, 0.5) is 5.69 Å². The molecular weight excluding hydrogens is 351 g/mol. The van der Waals surface area contributed by atoms with E-state index in [9.17, 15) is 4.79 Å². The van der Waals surface area contributed by atoms with Crippen molar-refractivity contribution in [2.75, 3.05) is 5.43 Å². The molecule has 0 unspecified atom stereocenters. The summed E-state index contributed by atoms with van der Waals surface area (Å²) >= 11 is 12.3. The van der Waals surface area contributed by atoms with Gasteiger partial charge in [-0.25, -0.2) is 4.79 Å². The van der Waals surface area contributed by atoms with Crippen molar-refractivity contribution in [1.29, 1.82) is 0 Å². The summed E-state index contributed by atoms with van der Waals surface area (Å²) < 4.78 is 5.56. The van der Waals surface area contributed by atoms with E-state index in [0.717, 1.165) is 0 Å². The van der Waals surface area contributed by atoms with Crippen molar-refractivity contribution in [3.63, 3.8) is 0 Å². The van der Waals surface area contributed by atoms with Crippen molar-refractivity contribution < 1.29 is 14.6 Å². The maximum Gasteiger partial charge on any atom is 0.337 e. The molecule has 5 nitrogen and oxygen atoms in total. The van der Waals surface area contributed by atoms with E-state index in [1.54, 1.807) is 30.3 Å². The molecule has 0 spiro atoms. The first-order valence-corrected chi connectivity index (χ1v) is 7.91. The highest BCUT2D eigenvalue weighted by Crippen LogP contribution is 2.34. The number of anilines is 1. The second kappa shape index (κ2) is 8.04. The van der Waals surface area contributed by atoms with Gasteiger partial charge in [0, 0.05) is 0 Å². The smallest absolute Gasteiger partial charge is 0.337 e. The minimum atomic E-state index is -1.03. The molecule has 24 heavy (non-hydrogen) atoms. The lowest BCUT2D eigenvalue weighted by molar-refractivity contribution is 0.0698. The van der Waals surface area contributed by atoms with Gasteiger partial charge in [0.25, 0.3) is 0 Å². The molecule has 0 aliphatic rings. The summed E-state index contributed by atoms with van der Waals surface area (Å²) in [5.41, 5.74) is 3.87. The minimum Gasteiger partial charge on any atom is -0.488 e. The molecular formula is C17H16Cl2N2O3. The lowest BCUT2D eigenvalue weighted by atomic mass is 10.2. The summed E-state index contributed by atoms with van der Waals surface area (Å²) in [7, 11) is 0. The Kier molecular flexibility index (Phi) is 6.06. The molecule has 0 aliphatic carbocycles. The number of benzene rings is 2. The summed E-state index contributed by atoms with van der Waals surface area (Å²) in [6.45, 7) is 3.76. The summed E-state index contributed by atoms with van der Waals surface area (Å²) in [4.78, 5) is 11.1. The third-order valence-corrected chi connectivity index (χ3v) is 3.49. The van der Waals surface area contributed by atoms with E-state index in [4.69, 9.17) is 33.0 Å². The normalized spacial score (nSPS) is 11.0. The lowest BCUT2D eigenvalue weighted by Crippen LogP contribution is -2.06. The molecule has 2 aromatic rings. The Bertz CT molecular complexity index is 753. The van der Waals surface area contributed by atoms with Gasteiger partial charge in [-0.05, 0) is 43.7 Å². The van der Waals surface area contributed by atoms with Gasteiger partial charge in [-0.1, -0.05) is 35.3 Å². The number of hydrogen-bond donors (Lipinski definition) is 2. The molecule has 0 bridgehead atoms. The molecule has 0 aromatic heterocycles. The third kappa shape index (κ3) is 4.63. The summed E-state index contributed by atoms with van der Waals surface area (Å²) in [6, 6.07) is 9.81. The van der Waals surface area contributed by atoms with Crippen LogP contribution in [0.3, 0.4) is 0 Å². The van der Waals surface area contributed by atoms with Crippen LogP contribution in [0.15, 0.2) is 41.5 Å². The quantitative estimate of drug-likeness (QED) is 0.561. The molecule has 0 aliphatic heterocycles. The average molecular weight is 367 g/mol. The van der Waals surface area contributed by atoms with Crippen LogP contribution < -0.4 is 10.2 Å². The second-order valence-electron chi connectivity index (χ2n) is 5.20. The van der Waals surface area contributed by atoms with Gasteiger partial charge in [-0.15, -0.1) is 0 Å². The van der Waals surface area contributed by atoms with Gasteiger partial charge in [-0.2, -0.15) is 5.10 Å². The number of aromatic carboxylic acids is 1. The summed E-state index contributed by atoms with van der Waals surface area (Å²) in [5.74, 6) is -0.607. The molecule has 0 heterocycles. The number of para-hydroxylation sites is 1. The largest absolute Gasteiger partial charge is 0.488 e. The molecule has 0 saturated carbocycles. The second-order valence-corrected chi connectivity index (χ2v) is 6.02. The fourth-order valence-corrected chi connectivity index (χ4v) is 2.54. The Morgan fingerprint density at radius 1 is 1.25 bits per heavy atom. The molecule has 126 valence electrons. The number of nitrogens with one attached hydrogen (secondary N) is 1. The zero-order chi connectivity index (χ0) is 17.7. The van der Waals surface area contributed by atoms with Gasteiger partial charge < -0.3 is 9.84 Å². The SMILES string of the molecule is CC(C)Oc1c(Cl)cc(C=NNc2ccccc2C(=O)O)cc1Cl. The highest BCUT2D eigenvalue weighted by atomic mass is 35.5. The van der Waals surface area contributed by atoms with Crippen LogP contribution >= 0.6 is 23.2 Å². The molecule has 0 fully saturated rings. The van der Waals surface area contributed by atoms with Crippen LogP contribution in [-0.2, 0) is 0 Å². The standard InChI is InChI=1S/C17H16Cl2N2O3/c1-10(2)24-16-13(18)7-11(8-14(16)19)9-20-21-15-6-4-3-5-12(15)17(22)23/h3-10,21H,1-2H3,(H,22,23). The Labute approximate surface area is 149 Å². The first-order chi connectivity index (χ1) is 11.4. The van der Waals surface area contributed by atoms with Crippen molar-refractivity contribution in [3.8, 4) is 5.75 Å². The van der Waals surface area contributed by atoms with Crippen molar-refractivity contribution in [2.24, 2.45) is 5.10 Å². The number of carboxylic acid groups (broad SMARTS) is 1. The molecule has 0 saturated heterocycles. The topological polar surface area (TPSA) is 70.9 Å². The van der Waals surface area contributed by atoms with Gasteiger partial charge in [-0.3, -0.25) is 5.43 Å². The van der Waals surface area contributed by atoms with Crippen LogP contribution in [-0.4, -0.2) is 23.4 Å². The van der Waals surface area contributed by atoms with E-state index in [2.05, 4.69) is 10.5 Å². The van der Waals surface area contributed by atoms with Crippen LogP contribution in [0.5, 0.6) is 5.75 Å². The minimum absolute atomic E-state index is 0.0475. The molecule has 0 amide bonds. The number of carboxylic acids is 1. The van der Waals surface area contributed by atoms with Crippen molar-refractivity contribution in [3.05, 3.63) is 57.6 Å². The molecule has 0 radical (unpaired) electrons. The van der Waals surface area contributed by atoms with Gasteiger partial charge >= 0.3 is 5.97 Å². The zero-order valence-corrected chi connectivity index (χ0v) is 14.6. The Morgan fingerprint density at radius 3 is 2.46 bits per heavy atom. The third-order valence-electron chi connectivity index (χ3n) is 2.93. The number of hydrogen-bond acceptors (Lipinski definition) is 4. The maximum absolute atomic E-state index is 11.1. The molecule has 7 heteroatoms. The van der Waals surface area contributed by atoms with E-state index in [1.165, 1.54) is 12.3 Å². The predicted molar refractivity (Wildman–Crippen MR) is 96.8 cm³/mol. The fraction of sp³-hybridized carbons (Fsp3) is 0.176. The van der Waals surface area contributed by atoms with Crippen LogP contribution in [0, 0.1) is 0 Å². The molecule has 0 atom stereocenters. The fourth-order valence-electron chi connectivity index (χ4n) is 1.95. The molecule has 2 aromatic carbocycles. The van der Waals surface area contributed by atoms with Gasteiger partial charge in [0.15, 0.2) is 5.75 Å². The van der Waals surface area contributed by atoms with E-state index >= 15 is 0 Å². The highest BCUT2D eigenvalue weighted by Gasteiger charge is 2.11. The lowest BCUT2D eigenvalue weighted by Gasteiger charge is -2.13. The number of nitrogens with zero attached hydrogens (tertiary/aromatic N) is 1. The van der Waals surface area contributed by atoms with Crippen molar-refractivity contribution >= 4 is 41.1 Å². The van der Waals surface area contributed by atoms with Crippen LogP contribution in [0.1, 0.15) is 29.8 Å². The van der Waals surface area contributed by atoms with Crippen LogP contribution in [0.2, 0.25) is 10.0 Å². The van der Waals surface area contributed by atoms with Gasteiger partial charge in [0.05, 0.1) is 33.6 Å². The molecule has 2 N–H and O–H groups in total. The Hall–Kier alpha value is -2.24. The monoisotopic (exact) mass is 366 g/mol. The number of carbonyl (C=O) groups is 1. The van der Waals surface area contributed by atoms with Crippen molar-refractivity contribution in [1.82, 2.24) is 0 Å². The van der Waals surface area contributed by atoms with Gasteiger partial charge in [0.2, 0.25) is 0 Å². The number of rotatable bonds is 6.